The molecule has 8 heteroatoms. The van der Waals surface area contributed by atoms with Gasteiger partial charge in [0.2, 0.25) is 5.91 Å². The van der Waals surface area contributed by atoms with E-state index in [-0.39, 0.29) is 11.5 Å². The Balaban J connectivity index is 2.12. The number of nitrogens with one attached hydrogen (secondary N) is 1. The van der Waals surface area contributed by atoms with Gasteiger partial charge in [0.05, 0.1) is 30.5 Å². The van der Waals surface area contributed by atoms with Crippen molar-refractivity contribution in [3.05, 3.63) is 53.2 Å². The molecule has 1 unspecified atom stereocenters. The lowest BCUT2D eigenvalue weighted by Crippen LogP contribution is -2.50. The maximum absolute atomic E-state index is 12.1. The third kappa shape index (κ3) is 3.28. The Hall–Kier alpha value is -3.44. The summed E-state index contributed by atoms with van der Waals surface area (Å²) in [5.41, 5.74) is 1.84. The van der Waals surface area contributed by atoms with Gasteiger partial charge in [0.15, 0.2) is 0 Å². The summed E-state index contributed by atoms with van der Waals surface area (Å²) in [5.74, 6) is -1.01. The third-order valence-corrected chi connectivity index (χ3v) is 4.86. The second kappa shape index (κ2) is 7.66. The first kappa shape index (κ1) is 19.3. The zero-order chi connectivity index (χ0) is 20.4. The summed E-state index contributed by atoms with van der Waals surface area (Å²) in [6.07, 6.45) is 0.452. The summed E-state index contributed by atoms with van der Waals surface area (Å²) in [4.78, 5) is 29.7. The van der Waals surface area contributed by atoms with Crippen molar-refractivity contribution in [1.29, 1.82) is 5.26 Å². The number of carbonyl (C=O) groups is 2. The lowest BCUT2D eigenvalue weighted by atomic mass is 9.85. The van der Waals surface area contributed by atoms with Crippen LogP contribution in [0.4, 0.5) is 11.5 Å². The van der Waals surface area contributed by atoms with Crippen LogP contribution in [0, 0.1) is 17.2 Å². The maximum atomic E-state index is 12.1. The number of methoxy groups -OCH3 is 1. The van der Waals surface area contributed by atoms with E-state index in [4.69, 9.17) is 4.74 Å². The Bertz CT molecular complexity index is 969. The minimum Gasteiger partial charge on any atom is -0.465 e. The molecule has 2 aromatic rings. The van der Waals surface area contributed by atoms with Crippen LogP contribution in [0.2, 0.25) is 0 Å². The van der Waals surface area contributed by atoms with Crippen LogP contribution in [-0.4, -0.2) is 35.3 Å². The van der Waals surface area contributed by atoms with Gasteiger partial charge in [-0.25, -0.2) is 9.78 Å². The molecule has 0 aliphatic carbocycles. The van der Waals surface area contributed by atoms with E-state index in [1.54, 1.807) is 37.3 Å². The van der Waals surface area contributed by atoms with E-state index in [9.17, 15) is 20.0 Å². The number of fused-ring (bicyclic) bond motifs is 1. The summed E-state index contributed by atoms with van der Waals surface area (Å²) in [6, 6.07) is 9.70. The molecular weight excluding hydrogens is 360 g/mol. The Labute approximate surface area is 162 Å². The van der Waals surface area contributed by atoms with Crippen LogP contribution >= 0.6 is 0 Å². The summed E-state index contributed by atoms with van der Waals surface area (Å²) in [6.45, 7) is 3.15. The Morgan fingerprint density at radius 2 is 2.11 bits per heavy atom. The first-order chi connectivity index (χ1) is 13.4. The number of hydrogen-bond donors (Lipinski definition) is 2. The fraction of sp³-hybridized carbons (Fsp3) is 0.300. The lowest BCUT2D eigenvalue weighted by molar-refractivity contribution is -0.119. The molecule has 2 N–H and O–H groups in total. The molecule has 28 heavy (non-hydrogen) atoms. The largest absolute Gasteiger partial charge is 0.465 e. The van der Waals surface area contributed by atoms with E-state index in [1.165, 1.54) is 25.1 Å². The number of carbonyl (C=O) groups excluding carboxylic acids is 2. The highest BCUT2D eigenvalue weighted by Gasteiger charge is 2.40. The molecule has 2 heterocycles. The SMILES string of the molecule is COC(=O)c1cccnc1NC1c2cc(C#N)ccc2N(C(C)=O)[C@@H](O)[C@@H]1C. The number of benzene rings is 1. The third-order valence-electron chi connectivity index (χ3n) is 4.86. The molecule has 1 aromatic carbocycles. The van der Waals surface area contributed by atoms with Gasteiger partial charge >= 0.3 is 5.97 Å². The molecule has 0 radical (unpaired) electrons. The number of amides is 1. The van der Waals surface area contributed by atoms with Gasteiger partial charge in [-0.3, -0.25) is 9.69 Å². The molecule has 0 fully saturated rings. The van der Waals surface area contributed by atoms with Crippen molar-refractivity contribution in [2.24, 2.45) is 5.92 Å². The van der Waals surface area contributed by atoms with Gasteiger partial charge in [0.25, 0.3) is 0 Å². The molecule has 144 valence electrons. The second-order valence-electron chi connectivity index (χ2n) is 6.56. The van der Waals surface area contributed by atoms with E-state index in [0.29, 0.717) is 22.6 Å². The molecule has 1 aliphatic heterocycles. The number of aliphatic hydroxyl groups excluding tert-OH is 1. The number of esters is 1. The summed E-state index contributed by atoms with van der Waals surface area (Å²) in [5, 5.41) is 23.2. The molecule has 0 saturated carbocycles. The summed E-state index contributed by atoms with van der Waals surface area (Å²) >= 11 is 0. The monoisotopic (exact) mass is 380 g/mol. The topological polar surface area (TPSA) is 116 Å². The average Bonchev–Trinajstić information content (AvgIpc) is 2.70. The maximum Gasteiger partial charge on any atom is 0.341 e. The van der Waals surface area contributed by atoms with E-state index < -0.39 is 24.2 Å². The highest BCUT2D eigenvalue weighted by molar-refractivity contribution is 5.95. The van der Waals surface area contributed by atoms with Gasteiger partial charge in [-0.05, 0) is 35.9 Å². The molecule has 3 atom stereocenters. The van der Waals surface area contributed by atoms with E-state index >= 15 is 0 Å². The first-order valence-corrected chi connectivity index (χ1v) is 8.70. The number of hydrogen-bond acceptors (Lipinski definition) is 7. The lowest BCUT2D eigenvalue weighted by Gasteiger charge is -2.42. The van der Waals surface area contributed by atoms with Gasteiger partial charge in [-0.15, -0.1) is 0 Å². The number of nitrogens with zero attached hydrogens (tertiary/aromatic N) is 3. The van der Waals surface area contributed by atoms with Crippen LogP contribution in [0.5, 0.6) is 0 Å². The fourth-order valence-electron chi connectivity index (χ4n) is 3.43. The number of aromatic nitrogens is 1. The van der Waals surface area contributed by atoms with E-state index in [0.717, 1.165) is 0 Å². The van der Waals surface area contributed by atoms with Gasteiger partial charge in [-0.2, -0.15) is 5.26 Å². The normalized spacial score (nSPS) is 20.7. The molecular formula is C20H20N4O4. The zero-order valence-corrected chi connectivity index (χ0v) is 15.7. The average molecular weight is 380 g/mol. The summed E-state index contributed by atoms with van der Waals surface area (Å²) in [7, 11) is 1.28. The van der Waals surface area contributed by atoms with Crippen LogP contribution in [0.1, 0.15) is 41.4 Å². The Kier molecular flexibility index (Phi) is 5.29. The van der Waals surface area contributed by atoms with Crippen LogP contribution in [0.3, 0.4) is 0 Å². The van der Waals surface area contributed by atoms with E-state index in [1.807, 2.05) is 0 Å². The van der Waals surface area contributed by atoms with Crippen molar-refractivity contribution >= 4 is 23.4 Å². The molecule has 0 saturated heterocycles. The standard InChI is InChI=1S/C20H20N4O4/c1-11-17(23-18-14(20(27)28-3)5-4-8-22-18)15-9-13(10-21)6-7-16(15)24(12(2)25)19(11)26/h4-9,11,17,19,26H,1-3H3,(H,22,23)/t11-,17?,19+/m1/s1. The van der Waals surface area contributed by atoms with Crippen molar-refractivity contribution in [3.8, 4) is 6.07 Å². The number of rotatable bonds is 3. The van der Waals surface area contributed by atoms with Gasteiger partial charge in [0, 0.05) is 19.0 Å². The van der Waals surface area contributed by atoms with Crippen LogP contribution in [0.15, 0.2) is 36.5 Å². The highest BCUT2D eigenvalue weighted by Crippen LogP contribution is 2.42. The quantitative estimate of drug-likeness (QED) is 0.784. The number of aliphatic hydroxyl groups is 1. The van der Waals surface area contributed by atoms with Gasteiger partial charge < -0.3 is 15.2 Å². The highest BCUT2D eigenvalue weighted by atomic mass is 16.5. The molecule has 1 amide bonds. The predicted molar refractivity (Wildman–Crippen MR) is 101 cm³/mol. The summed E-state index contributed by atoms with van der Waals surface area (Å²) < 4.78 is 4.80. The molecule has 1 aromatic heterocycles. The fourth-order valence-corrected chi connectivity index (χ4v) is 3.43. The molecule has 1 aliphatic rings. The van der Waals surface area contributed by atoms with Crippen molar-refractivity contribution in [2.75, 3.05) is 17.3 Å². The first-order valence-electron chi connectivity index (χ1n) is 8.70. The zero-order valence-electron chi connectivity index (χ0n) is 15.7. The van der Waals surface area contributed by atoms with Crippen LogP contribution < -0.4 is 10.2 Å². The Morgan fingerprint density at radius 3 is 2.75 bits per heavy atom. The number of nitriles is 1. The van der Waals surface area contributed by atoms with Gasteiger partial charge in [-0.1, -0.05) is 6.92 Å². The van der Waals surface area contributed by atoms with Crippen LogP contribution in [0.25, 0.3) is 0 Å². The smallest absolute Gasteiger partial charge is 0.341 e. The second-order valence-corrected chi connectivity index (χ2v) is 6.56. The minimum absolute atomic E-state index is 0.249. The van der Waals surface area contributed by atoms with Crippen molar-refractivity contribution in [3.63, 3.8) is 0 Å². The predicted octanol–water partition coefficient (Wildman–Crippen LogP) is 2.21. The molecule has 8 nitrogen and oxygen atoms in total. The van der Waals surface area contributed by atoms with Gasteiger partial charge in [0.1, 0.15) is 17.6 Å². The van der Waals surface area contributed by atoms with E-state index in [2.05, 4.69) is 16.4 Å². The van der Waals surface area contributed by atoms with Crippen LogP contribution in [-0.2, 0) is 9.53 Å². The van der Waals surface area contributed by atoms with Crippen molar-refractivity contribution in [2.45, 2.75) is 26.1 Å². The molecule has 0 spiro atoms. The van der Waals surface area contributed by atoms with Crippen molar-refractivity contribution in [1.82, 2.24) is 4.98 Å². The minimum atomic E-state index is -1.08. The number of anilines is 2. The molecule has 3 rings (SSSR count). The number of pyridine rings is 1. The molecule has 0 bridgehead atoms. The van der Waals surface area contributed by atoms with Crippen molar-refractivity contribution < 1.29 is 19.4 Å². The Morgan fingerprint density at radius 1 is 1.36 bits per heavy atom. The number of ether oxygens (including phenoxy) is 1.